The molecule has 6 N–H and O–H groups in total. The quantitative estimate of drug-likeness (QED) is 0.0248. The Bertz CT molecular complexity index is 3330. The number of anilines is 2. The van der Waals surface area contributed by atoms with Crippen molar-refractivity contribution in [2.45, 2.75) is 78.2 Å². The van der Waals surface area contributed by atoms with Crippen molar-refractivity contribution in [2.75, 3.05) is 50.4 Å². The van der Waals surface area contributed by atoms with Crippen molar-refractivity contribution < 1.29 is 67.0 Å². The minimum atomic E-state index is -1.57. The SMILES string of the molecule is CO/N=C(/C(=O)N[C@H](C(=O)Nc1csc(/C(=N\OC)C(=O)N[C@@H]2C(=O)N3C(C(=O)OCOC(=O)C(C)(C)C)=C(/C=C/c4scnc4C)CS[C@H]23)n1)[C@@H]1NC(C(=O)OCOC(=O)C(C)(C)C)=C(/C=C/c2scnc2C)CS1)c1nc(N)cs1. The number of nitrogens with one attached hydrogen (secondary N) is 4. The Labute approximate surface area is 493 Å². The zero-order valence-corrected chi connectivity index (χ0v) is 50.5. The molecule has 7 heterocycles. The van der Waals surface area contributed by atoms with Crippen LogP contribution in [0.25, 0.3) is 12.2 Å². The molecular formula is C50H56N12O14S6. The van der Waals surface area contributed by atoms with Crippen molar-refractivity contribution in [1.29, 1.82) is 0 Å². The number of allylic oxidation sites excluding steroid dienone is 2. The summed E-state index contributed by atoms with van der Waals surface area (Å²) in [6.45, 7) is 12.0. The first-order chi connectivity index (χ1) is 38.9. The number of carbonyl (C=O) groups excluding carboxylic acids is 8. The van der Waals surface area contributed by atoms with Gasteiger partial charge >= 0.3 is 23.9 Å². The van der Waals surface area contributed by atoms with Gasteiger partial charge in [0.25, 0.3) is 23.6 Å². The molecule has 0 unspecified atom stereocenters. The Balaban J connectivity index is 1.12. The lowest BCUT2D eigenvalue weighted by molar-refractivity contribution is -0.174. The molecule has 3 aliphatic rings. The molecule has 0 bridgehead atoms. The lowest BCUT2D eigenvalue weighted by Crippen LogP contribution is -2.71. The number of nitrogens with two attached hydrogens (primary N) is 1. The molecule has 32 heteroatoms. The van der Waals surface area contributed by atoms with Gasteiger partial charge in [-0.15, -0.1) is 68.9 Å². The van der Waals surface area contributed by atoms with Gasteiger partial charge in [0.2, 0.25) is 25.0 Å². The molecular weight excluding hydrogens is 1190 g/mol. The van der Waals surface area contributed by atoms with Crippen LogP contribution in [0.4, 0.5) is 11.6 Å². The maximum Gasteiger partial charge on any atom is 0.358 e. The van der Waals surface area contributed by atoms with Crippen LogP contribution in [-0.2, 0) is 67.0 Å². The maximum atomic E-state index is 14.7. The number of thiazole rings is 4. The van der Waals surface area contributed by atoms with Gasteiger partial charge in [-0.25, -0.2) is 29.5 Å². The van der Waals surface area contributed by atoms with Crippen LogP contribution in [0.2, 0.25) is 0 Å². The number of hydrogen-bond acceptors (Lipinski definition) is 28. The van der Waals surface area contributed by atoms with E-state index in [4.69, 9.17) is 34.4 Å². The Morgan fingerprint density at radius 3 is 1.84 bits per heavy atom. The number of fused-ring (bicyclic) bond motifs is 1. The number of β-lactam (4-membered cyclic amide) rings is 1. The third-order valence-electron chi connectivity index (χ3n) is 11.5. The summed E-state index contributed by atoms with van der Waals surface area (Å²) in [6, 6.07) is -2.76. The highest BCUT2D eigenvalue weighted by Crippen LogP contribution is 2.42. The van der Waals surface area contributed by atoms with Gasteiger partial charge in [-0.05, 0) is 78.7 Å². The van der Waals surface area contributed by atoms with Gasteiger partial charge < -0.3 is 55.6 Å². The van der Waals surface area contributed by atoms with Gasteiger partial charge in [-0.2, -0.15) is 0 Å². The Kier molecular flexibility index (Phi) is 20.5. The second-order valence-corrected chi connectivity index (χ2v) is 25.3. The predicted molar refractivity (Wildman–Crippen MR) is 310 cm³/mol. The van der Waals surface area contributed by atoms with E-state index in [1.807, 2.05) is 13.8 Å². The van der Waals surface area contributed by atoms with E-state index in [0.717, 1.165) is 55.6 Å². The second kappa shape index (κ2) is 27.0. The molecule has 1 saturated heterocycles. The lowest BCUT2D eigenvalue weighted by atomic mass is 9.97. The highest BCUT2D eigenvalue weighted by molar-refractivity contribution is 8.00. The highest BCUT2D eigenvalue weighted by Gasteiger charge is 2.55. The molecule has 0 spiro atoms. The molecule has 26 nitrogen and oxygen atoms in total. The first-order valence-electron chi connectivity index (χ1n) is 24.4. The number of ether oxygens (including phenoxy) is 4. The Hall–Kier alpha value is -7.52. The van der Waals surface area contributed by atoms with Crippen molar-refractivity contribution in [2.24, 2.45) is 21.1 Å². The zero-order chi connectivity index (χ0) is 59.6. The summed E-state index contributed by atoms with van der Waals surface area (Å²) in [5.41, 5.74) is 8.83. The summed E-state index contributed by atoms with van der Waals surface area (Å²) in [7, 11) is 2.39. The molecule has 82 heavy (non-hydrogen) atoms. The number of oxime groups is 2. The fraction of sp³-hybridized carbons (Fsp3) is 0.400. The van der Waals surface area contributed by atoms with Crippen molar-refractivity contribution in [3.05, 3.63) is 87.6 Å². The van der Waals surface area contributed by atoms with Crippen LogP contribution in [0.1, 0.15) is 72.7 Å². The van der Waals surface area contributed by atoms with Gasteiger partial charge in [-0.3, -0.25) is 33.7 Å². The Morgan fingerprint density at radius 2 is 1.29 bits per heavy atom. The minimum Gasteiger partial charge on any atom is -0.427 e. The summed E-state index contributed by atoms with van der Waals surface area (Å²) in [5, 5.41) is 19.7. The van der Waals surface area contributed by atoms with Gasteiger partial charge in [-0.1, -0.05) is 22.5 Å². The van der Waals surface area contributed by atoms with Gasteiger partial charge in [0.05, 0.1) is 33.2 Å². The average molecular weight is 1240 g/mol. The van der Waals surface area contributed by atoms with E-state index in [1.165, 1.54) is 64.3 Å². The van der Waals surface area contributed by atoms with Crippen LogP contribution < -0.4 is 27.0 Å². The summed E-state index contributed by atoms with van der Waals surface area (Å²) >= 11 is 7.00. The van der Waals surface area contributed by atoms with E-state index in [-0.39, 0.29) is 50.3 Å². The number of esters is 4. The third-order valence-corrected chi connectivity index (χ3v) is 17.5. The molecule has 4 aromatic heterocycles. The van der Waals surface area contributed by atoms with Crippen molar-refractivity contribution in [3.8, 4) is 0 Å². The van der Waals surface area contributed by atoms with Gasteiger partial charge in [0.1, 0.15) is 60.1 Å². The normalized spacial score (nSPS) is 18.0. The van der Waals surface area contributed by atoms with E-state index in [1.54, 1.807) is 76.9 Å². The molecule has 1 fully saturated rings. The van der Waals surface area contributed by atoms with E-state index in [0.29, 0.717) is 11.1 Å². The monoisotopic (exact) mass is 1240 g/mol. The van der Waals surface area contributed by atoms with E-state index < -0.39 is 100 Å². The standard InChI is InChI=1S/C50H56N12O14S6/c1-23-27(81-19-52-23)13-11-25-15-77-40(59-31(25)45(67)73-21-75-47(69)49(3,4)5)32(57-38(64)33(60-71-9)41-54-29(51)17-78-41)37(63)55-30-18-79-42(56-30)34(61-72-10)39(65)58-35-43(66)62-36(46(68)74-22-76-48(70)50(6,7)8)26(16-80-44(35)62)12-14-28-24(2)53-20-82-28/h11-14,17-20,32,35,40,44,59H,15-16,21-22,51H2,1-10H3,(H,55,63)(H,57,64)(H,58,65)/b13-11+,14-12+,60-33-,61-34-/t32-,35-,40-,44-/m1/s1. The van der Waals surface area contributed by atoms with Crippen LogP contribution in [0.3, 0.4) is 0 Å². The van der Waals surface area contributed by atoms with Crippen molar-refractivity contribution in [3.63, 3.8) is 0 Å². The number of amides is 4. The molecule has 0 aliphatic carbocycles. The molecule has 0 aromatic carbocycles. The third kappa shape index (κ3) is 15.1. The zero-order valence-electron chi connectivity index (χ0n) is 45.6. The predicted octanol–water partition coefficient (Wildman–Crippen LogP) is 4.71. The van der Waals surface area contributed by atoms with Crippen LogP contribution >= 0.6 is 68.9 Å². The highest BCUT2D eigenvalue weighted by atomic mass is 32.2. The number of aryl methyl sites for hydroxylation is 2. The Morgan fingerprint density at radius 1 is 0.744 bits per heavy atom. The van der Waals surface area contributed by atoms with Crippen molar-refractivity contribution >= 4 is 152 Å². The first kappa shape index (κ1) is 62.1. The smallest absolute Gasteiger partial charge is 0.358 e. The van der Waals surface area contributed by atoms with E-state index in [2.05, 4.69) is 51.5 Å². The van der Waals surface area contributed by atoms with Crippen LogP contribution in [0.5, 0.6) is 0 Å². The average Bonchev–Trinajstić information content (AvgIpc) is 4.33. The fourth-order valence-electron chi connectivity index (χ4n) is 7.21. The number of nitrogens with zero attached hydrogens (tertiary/aromatic N) is 7. The number of carbonyl (C=O) groups is 8. The number of hydrogen-bond donors (Lipinski definition) is 5. The van der Waals surface area contributed by atoms with Crippen LogP contribution in [0.15, 0.2) is 66.8 Å². The topological polar surface area (TPSA) is 346 Å². The molecule has 3 aliphatic heterocycles. The first-order valence-corrected chi connectivity index (χ1v) is 30.0. The summed E-state index contributed by atoms with van der Waals surface area (Å²) in [6.07, 6.45) is 6.88. The summed E-state index contributed by atoms with van der Waals surface area (Å²) in [4.78, 5) is 140. The summed E-state index contributed by atoms with van der Waals surface area (Å²) < 4.78 is 21.1. The summed E-state index contributed by atoms with van der Waals surface area (Å²) in [5.74, 6) is -6.26. The van der Waals surface area contributed by atoms with Crippen LogP contribution in [0, 0.1) is 24.7 Å². The van der Waals surface area contributed by atoms with Gasteiger partial charge in [0.15, 0.2) is 10.0 Å². The lowest BCUT2D eigenvalue weighted by Gasteiger charge is -2.49. The molecule has 4 amide bonds. The minimum absolute atomic E-state index is 0.0564. The van der Waals surface area contributed by atoms with E-state index in [9.17, 15) is 38.4 Å². The van der Waals surface area contributed by atoms with E-state index >= 15 is 0 Å². The number of rotatable bonds is 21. The molecule has 4 atom stereocenters. The largest absolute Gasteiger partial charge is 0.427 e. The number of aromatic nitrogens is 4. The second-order valence-electron chi connectivity index (χ2n) is 19.5. The van der Waals surface area contributed by atoms with Gasteiger partial charge in [0, 0.05) is 32.0 Å². The molecule has 4 aromatic rings. The van der Waals surface area contributed by atoms with Crippen LogP contribution in [-0.4, -0.2) is 146 Å². The maximum absolute atomic E-state index is 14.7. The molecule has 7 rings (SSSR count). The number of nitrogen functional groups attached to an aromatic ring is 1. The van der Waals surface area contributed by atoms with Crippen molar-refractivity contribution in [1.82, 2.24) is 40.8 Å². The molecule has 0 radical (unpaired) electrons. The number of thioether (sulfide) groups is 2. The fourth-order valence-corrected chi connectivity index (χ4v) is 12.5. The molecule has 436 valence electrons. The molecule has 0 saturated carbocycles.